The van der Waals surface area contributed by atoms with Gasteiger partial charge in [0.15, 0.2) is 4.77 Å². The van der Waals surface area contributed by atoms with E-state index in [1.165, 1.54) is 6.07 Å². The SMILES string of the molecule is Nc1nc(-n2ccn(-c3ccccc3)c2=S)cc(=O)[nH]1. The second-order valence-corrected chi connectivity index (χ2v) is 4.51. The Morgan fingerprint density at radius 3 is 2.55 bits per heavy atom. The number of benzene rings is 1. The fraction of sp³-hybridized carbons (Fsp3) is 0. The lowest BCUT2D eigenvalue weighted by molar-refractivity contribution is 0.915. The van der Waals surface area contributed by atoms with Gasteiger partial charge in [-0.15, -0.1) is 0 Å². The highest BCUT2D eigenvalue weighted by Crippen LogP contribution is 2.12. The third kappa shape index (κ3) is 2.14. The summed E-state index contributed by atoms with van der Waals surface area (Å²) in [6, 6.07) is 11.0. The van der Waals surface area contributed by atoms with Crippen LogP contribution in [0, 0.1) is 4.77 Å². The quantitative estimate of drug-likeness (QED) is 0.702. The van der Waals surface area contributed by atoms with Gasteiger partial charge in [-0.1, -0.05) is 18.2 Å². The van der Waals surface area contributed by atoms with Gasteiger partial charge in [0.05, 0.1) is 0 Å². The molecule has 0 atom stereocenters. The maximum Gasteiger partial charge on any atom is 0.254 e. The molecule has 3 aromatic rings. The zero-order valence-corrected chi connectivity index (χ0v) is 11.2. The Labute approximate surface area is 119 Å². The molecule has 0 aliphatic carbocycles. The molecule has 3 N–H and O–H groups in total. The molecule has 6 nitrogen and oxygen atoms in total. The molecule has 0 fully saturated rings. The Morgan fingerprint density at radius 2 is 1.85 bits per heavy atom. The highest BCUT2D eigenvalue weighted by molar-refractivity contribution is 7.71. The molecule has 0 radical (unpaired) electrons. The second kappa shape index (κ2) is 4.78. The Kier molecular flexibility index (Phi) is 2.96. The van der Waals surface area contributed by atoms with Crippen LogP contribution in [-0.2, 0) is 0 Å². The molecule has 7 heteroatoms. The largest absolute Gasteiger partial charge is 0.369 e. The van der Waals surface area contributed by atoms with Gasteiger partial charge >= 0.3 is 0 Å². The fourth-order valence-corrected chi connectivity index (χ4v) is 2.24. The average molecular weight is 285 g/mol. The number of nitrogens with two attached hydrogens (primary N) is 1. The van der Waals surface area contributed by atoms with E-state index in [1.54, 1.807) is 10.8 Å². The molecule has 100 valence electrons. The minimum Gasteiger partial charge on any atom is -0.369 e. The predicted octanol–water partition coefficient (Wildman–Crippen LogP) is 1.66. The van der Waals surface area contributed by atoms with Crippen molar-refractivity contribution in [1.29, 1.82) is 0 Å². The van der Waals surface area contributed by atoms with E-state index in [9.17, 15) is 4.79 Å². The number of aromatic amines is 1. The van der Waals surface area contributed by atoms with Gasteiger partial charge in [0.25, 0.3) is 5.56 Å². The molecule has 2 aromatic heterocycles. The third-order valence-corrected chi connectivity index (χ3v) is 3.20. The Bertz CT molecular complexity index is 862. The lowest BCUT2D eigenvalue weighted by Crippen LogP contribution is -2.13. The van der Waals surface area contributed by atoms with Crippen molar-refractivity contribution in [3.63, 3.8) is 0 Å². The van der Waals surface area contributed by atoms with E-state index < -0.39 is 0 Å². The molecule has 20 heavy (non-hydrogen) atoms. The van der Waals surface area contributed by atoms with Crippen molar-refractivity contribution in [2.45, 2.75) is 0 Å². The Balaban J connectivity index is 2.16. The number of hydrogen-bond donors (Lipinski definition) is 2. The normalized spacial score (nSPS) is 10.6. The first kappa shape index (κ1) is 12.4. The van der Waals surface area contributed by atoms with Gasteiger partial charge in [-0.3, -0.25) is 18.9 Å². The van der Waals surface area contributed by atoms with Gasteiger partial charge in [0.2, 0.25) is 5.95 Å². The van der Waals surface area contributed by atoms with Gasteiger partial charge in [0, 0.05) is 24.1 Å². The molecular formula is C13H11N5OS. The van der Waals surface area contributed by atoms with Crippen LogP contribution in [0.5, 0.6) is 0 Å². The summed E-state index contributed by atoms with van der Waals surface area (Å²) < 4.78 is 3.97. The van der Waals surface area contributed by atoms with Gasteiger partial charge in [-0.25, -0.2) is 0 Å². The number of nitrogen functional groups attached to an aromatic ring is 1. The molecule has 0 saturated heterocycles. The number of para-hydroxylation sites is 1. The maximum absolute atomic E-state index is 11.4. The first-order valence-corrected chi connectivity index (χ1v) is 6.28. The number of hydrogen-bond acceptors (Lipinski definition) is 4. The van der Waals surface area contributed by atoms with Crippen LogP contribution in [-0.4, -0.2) is 19.1 Å². The van der Waals surface area contributed by atoms with Gasteiger partial charge < -0.3 is 5.73 Å². The van der Waals surface area contributed by atoms with Gasteiger partial charge in [0.1, 0.15) is 5.82 Å². The summed E-state index contributed by atoms with van der Waals surface area (Å²) in [6.07, 6.45) is 3.56. The Morgan fingerprint density at radius 1 is 1.15 bits per heavy atom. The van der Waals surface area contributed by atoms with Crippen LogP contribution >= 0.6 is 12.2 Å². The minimum absolute atomic E-state index is 0.0573. The summed E-state index contributed by atoms with van der Waals surface area (Å²) in [4.78, 5) is 17.9. The summed E-state index contributed by atoms with van der Waals surface area (Å²) in [7, 11) is 0. The molecular weight excluding hydrogens is 274 g/mol. The van der Waals surface area contributed by atoms with E-state index in [1.807, 2.05) is 41.1 Å². The highest BCUT2D eigenvalue weighted by atomic mass is 32.1. The Hall–Kier alpha value is -2.67. The molecule has 0 unspecified atom stereocenters. The summed E-state index contributed by atoms with van der Waals surface area (Å²) in [6.45, 7) is 0. The van der Waals surface area contributed by atoms with E-state index >= 15 is 0 Å². The molecule has 1 aromatic carbocycles. The number of aromatic nitrogens is 4. The zero-order valence-electron chi connectivity index (χ0n) is 10.4. The lowest BCUT2D eigenvalue weighted by Gasteiger charge is -2.04. The van der Waals surface area contributed by atoms with E-state index in [0.717, 1.165) is 5.69 Å². The fourth-order valence-electron chi connectivity index (χ4n) is 1.92. The number of nitrogens with zero attached hydrogens (tertiary/aromatic N) is 3. The molecule has 0 bridgehead atoms. The third-order valence-electron chi connectivity index (χ3n) is 2.80. The monoisotopic (exact) mass is 285 g/mol. The number of anilines is 1. The molecule has 0 saturated carbocycles. The number of rotatable bonds is 2. The smallest absolute Gasteiger partial charge is 0.254 e. The van der Waals surface area contributed by atoms with Crippen LogP contribution in [0.2, 0.25) is 0 Å². The molecule has 0 aliphatic rings. The van der Waals surface area contributed by atoms with Crippen LogP contribution < -0.4 is 11.3 Å². The van der Waals surface area contributed by atoms with Crippen molar-refractivity contribution < 1.29 is 0 Å². The van der Waals surface area contributed by atoms with Crippen molar-refractivity contribution in [2.24, 2.45) is 0 Å². The summed E-state index contributed by atoms with van der Waals surface area (Å²) in [5, 5.41) is 0. The molecule has 2 heterocycles. The van der Waals surface area contributed by atoms with E-state index in [4.69, 9.17) is 18.0 Å². The second-order valence-electron chi connectivity index (χ2n) is 4.15. The number of H-pyrrole nitrogens is 1. The number of imidazole rings is 1. The van der Waals surface area contributed by atoms with Crippen LogP contribution in [0.1, 0.15) is 0 Å². The van der Waals surface area contributed by atoms with E-state index in [-0.39, 0.29) is 11.5 Å². The summed E-state index contributed by atoms with van der Waals surface area (Å²) in [5.41, 5.74) is 6.17. The number of nitrogens with one attached hydrogen (secondary N) is 1. The predicted molar refractivity (Wildman–Crippen MR) is 78.8 cm³/mol. The van der Waals surface area contributed by atoms with Crippen LogP contribution in [0.15, 0.2) is 53.6 Å². The van der Waals surface area contributed by atoms with Crippen molar-refractivity contribution >= 4 is 18.2 Å². The van der Waals surface area contributed by atoms with Gasteiger partial charge in [-0.2, -0.15) is 4.98 Å². The minimum atomic E-state index is -0.318. The van der Waals surface area contributed by atoms with Crippen molar-refractivity contribution in [2.75, 3.05) is 5.73 Å². The first-order valence-electron chi connectivity index (χ1n) is 5.88. The van der Waals surface area contributed by atoms with Gasteiger partial charge in [-0.05, 0) is 24.4 Å². The lowest BCUT2D eigenvalue weighted by atomic mass is 10.3. The molecule has 0 spiro atoms. The van der Waals surface area contributed by atoms with E-state index in [2.05, 4.69) is 9.97 Å². The van der Waals surface area contributed by atoms with Crippen LogP contribution in [0.3, 0.4) is 0 Å². The summed E-state index contributed by atoms with van der Waals surface area (Å²) >= 11 is 5.41. The standard InChI is InChI=1S/C13H11N5OS/c14-12-15-10(8-11(19)16-12)18-7-6-17(13(18)20)9-4-2-1-3-5-9/h1-8H,(H3,14,15,16,19). The first-order chi connectivity index (χ1) is 9.65. The molecule has 0 amide bonds. The zero-order chi connectivity index (χ0) is 14.1. The van der Waals surface area contributed by atoms with Crippen molar-refractivity contribution in [1.82, 2.24) is 19.1 Å². The topological polar surface area (TPSA) is 81.6 Å². The van der Waals surface area contributed by atoms with E-state index in [0.29, 0.717) is 10.6 Å². The molecule has 0 aliphatic heterocycles. The molecule has 3 rings (SSSR count). The maximum atomic E-state index is 11.4. The van der Waals surface area contributed by atoms with Crippen LogP contribution in [0.25, 0.3) is 11.5 Å². The van der Waals surface area contributed by atoms with Crippen LogP contribution in [0.4, 0.5) is 5.95 Å². The van der Waals surface area contributed by atoms with Crippen molar-refractivity contribution in [3.8, 4) is 11.5 Å². The average Bonchev–Trinajstić information content (AvgIpc) is 2.80. The highest BCUT2D eigenvalue weighted by Gasteiger charge is 2.06. The summed E-state index contributed by atoms with van der Waals surface area (Å²) in [5.74, 6) is 0.452. The van der Waals surface area contributed by atoms with Crippen molar-refractivity contribution in [3.05, 3.63) is 63.9 Å².